The fourth-order valence-electron chi connectivity index (χ4n) is 3.89. The lowest BCUT2D eigenvalue weighted by molar-refractivity contribution is -0.111. The third kappa shape index (κ3) is 4.15. The summed E-state index contributed by atoms with van der Waals surface area (Å²) in [5, 5.41) is 2.91. The molecule has 0 bridgehead atoms. The molecule has 0 unspecified atom stereocenters. The van der Waals surface area contributed by atoms with Crippen molar-refractivity contribution in [2.75, 3.05) is 39.9 Å². The standard InChI is InChI=1S/C22H25N3O3S/c1-2-24-14-12-18-7-8-19(16-21(18)24)23-22(26)11-6-17-4-9-20(10-5-17)25-13-3-15-29(25,27)28/h4-11,16H,2-3,12-15H2,1H3,(H,23,26)/b11-6+. The van der Waals surface area contributed by atoms with Gasteiger partial charge in [-0.15, -0.1) is 0 Å². The predicted molar refractivity (Wildman–Crippen MR) is 118 cm³/mol. The molecule has 2 aliphatic heterocycles. The molecular formula is C22H25N3O3S. The molecule has 0 aromatic heterocycles. The number of nitrogens with zero attached hydrogens (tertiary/aromatic N) is 2. The number of carbonyl (C=O) groups is 1. The van der Waals surface area contributed by atoms with Crippen LogP contribution < -0.4 is 14.5 Å². The zero-order valence-electron chi connectivity index (χ0n) is 16.5. The molecule has 0 atom stereocenters. The number of benzene rings is 2. The minimum Gasteiger partial charge on any atom is -0.371 e. The van der Waals surface area contributed by atoms with Crippen LogP contribution in [0.5, 0.6) is 0 Å². The van der Waals surface area contributed by atoms with E-state index >= 15 is 0 Å². The first kappa shape index (κ1) is 19.5. The fourth-order valence-corrected chi connectivity index (χ4v) is 5.45. The van der Waals surface area contributed by atoms with Crippen LogP contribution in [0.3, 0.4) is 0 Å². The van der Waals surface area contributed by atoms with Gasteiger partial charge in [0, 0.05) is 37.1 Å². The maximum atomic E-state index is 12.3. The van der Waals surface area contributed by atoms with E-state index in [-0.39, 0.29) is 11.7 Å². The number of hydrogen-bond donors (Lipinski definition) is 1. The first-order valence-electron chi connectivity index (χ1n) is 9.94. The van der Waals surface area contributed by atoms with Crippen LogP contribution in [-0.4, -0.2) is 39.7 Å². The monoisotopic (exact) mass is 411 g/mol. The van der Waals surface area contributed by atoms with Crippen molar-refractivity contribution in [3.63, 3.8) is 0 Å². The molecule has 1 saturated heterocycles. The van der Waals surface area contributed by atoms with Crippen LogP contribution in [0.15, 0.2) is 48.5 Å². The molecule has 0 radical (unpaired) electrons. The summed E-state index contributed by atoms with van der Waals surface area (Å²) in [6, 6.07) is 13.2. The van der Waals surface area contributed by atoms with E-state index < -0.39 is 10.0 Å². The van der Waals surface area contributed by atoms with Gasteiger partial charge in [0.05, 0.1) is 11.4 Å². The van der Waals surface area contributed by atoms with Crippen molar-refractivity contribution in [2.45, 2.75) is 19.8 Å². The third-order valence-electron chi connectivity index (χ3n) is 5.43. The molecule has 1 amide bonds. The molecule has 2 aliphatic rings. The zero-order valence-corrected chi connectivity index (χ0v) is 17.3. The van der Waals surface area contributed by atoms with Crippen molar-refractivity contribution in [1.29, 1.82) is 0 Å². The molecular weight excluding hydrogens is 386 g/mol. The smallest absolute Gasteiger partial charge is 0.248 e. The number of carbonyl (C=O) groups excluding carboxylic acids is 1. The Balaban J connectivity index is 1.40. The number of amides is 1. The van der Waals surface area contributed by atoms with Crippen LogP contribution in [0.25, 0.3) is 6.08 Å². The predicted octanol–water partition coefficient (Wildman–Crippen LogP) is 3.26. The summed E-state index contributed by atoms with van der Waals surface area (Å²) < 4.78 is 25.4. The minimum atomic E-state index is -3.18. The lowest BCUT2D eigenvalue weighted by Gasteiger charge is -2.17. The highest BCUT2D eigenvalue weighted by atomic mass is 32.2. The second-order valence-electron chi connectivity index (χ2n) is 7.33. The Morgan fingerprint density at radius 1 is 1.14 bits per heavy atom. The highest BCUT2D eigenvalue weighted by molar-refractivity contribution is 7.93. The van der Waals surface area contributed by atoms with E-state index in [9.17, 15) is 13.2 Å². The average molecular weight is 412 g/mol. The fraction of sp³-hybridized carbons (Fsp3) is 0.318. The molecule has 7 heteroatoms. The highest BCUT2D eigenvalue weighted by Crippen LogP contribution is 2.30. The van der Waals surface area contributed by atoms with Crippen LogP contribution in [-0.2, 0) is 21.2 Å². The molecule has 0 spiro atoms. The van der Waals surface area contributed by atoms with Crippen LogP contribution in [0, 0.1) is 0 Å². The van der Waals surface area contributed by atoms with Gasteiger partial charge in [0.1, 0.15) is 0 Å². The molecule has 4 rings (SSSR count). The second-order valence-corrected chi connectivity index (χ2v) is 9.34. The largest absolute Gasteiger partial charge is 0.371 e. The Kier molecular flexibility index (Phi) is 5.32. The molecule has 1 N–H and O–H groups in total. The van der Waals surface area contributed by atoms with Crippen LogP contribution >= 0.6 is 0 Å². The Morgan fingerprint density at radius 3 is 2.62 bits per heavy atom. The van der Waals surface area contributed by atoms with E-state index in [2.05, 4.69) is 23.2 Å². The molecule has 0 saturated carbocycles. The maximum absolute atomic E-state index is 12.3. The van der Waals surface area contributed by atoms with Gasteiger partial charge in [-0.25, -0.2) is 8.42 Å². The Bertz CT molecular complexity index is 1050. The number of rotatable bonds is 5. The SMILES string of the molecule is CCN1CCc2ccc(NC(=O)/C=C/c3ccc(N4CCCS4(=O)=O)cc3)cc21. The van der Waals surface area contributed by atoms with E-state index in [0.29, 0.717) is 18.7 Å². The van der Waals surface area contributed by atoms with Crippen LogP contribution in [0.2, 0.25) is 0 Å². The summed E-state index contributed by atoms with van der Waals surface area (Å²) in [6.45, 7) is 4.64. The number of anilines is 3. The third-order valence-corrected chi connectivity index (χ3v) is 7.30. The van der Waals surface area contributed by atoms with Crippen LogP contribution in [0.4, 0.5) is 17.1 Å². The highest BCUT2D eigenvalue weighted by Gasteiger charge is 2.28. The lowest BCUT2D eigenvalue weighted by atomic mass is 10.1. The normalized spacial score (nSPS) is 17.7. The van der Waals surface area contributed by atoms with Crippen molar-refractivity contribution in [3.05, 3.63) is 59.7 Å². The Hall–Kier alpha value is -2.80. The summed E-state index contributed by atoms with van der Waals surface area (Å²) in [5.74, 6) is 0.00488. The zero-order chi connectivity index (χ0) is 20.4. The topological polar surface area (TPSA) is 69.7 Å². The molecule has 2 aromatic rings. The number of hydrogen-bond acceptors (Lipinski definition) is 4. The van der Waals surface area contributed by atoms with Crippen molar-refractivity contribution < 1.29 is 13.2 Å². The molecule has 2 heterocycles. The van der Waals surface area contributed by atoms with Gasteiger partial charge in [-0.1, -0.05) is 18.2 Å². The summed E-state index contributed by atoms with van der Waals surface area (Å²) in [6.07, 6.45) is 4.92. The van der Waals surface area contributed by atoms with Crippen molar-refractivity contribution >= 4 is 39.1 Å². The molecule has 152 valence electrons. The first-order valence-corrected chi connectivity index (χ1v) is 11.5. The molecule has 1 fully saturated rings. The Morgan fingerprint density at radius 2 is 1.93 bits per heavy atom. The minimum absolute atomic E-state index is 0.197. The van der Waals surface area contributed by atoms with E-state index in [1.165, 1.54) is 21.6 Å². The van der Waals surface area contributed by atoms with Gasteiger partial charge in [0.25, 0.3) is 0 Å². The van der Waals surface area contributed by atoms with Gasteiger partial charge in [0.2, 0.25) is 15.9 Å². The number of nitrogens with one attached hydrogen (secondary N) is 1. The van der Waals surface area contributed by atoms with Crippen molar-refractivity contribution in [3.8, 4) is 0 Å². The second kappa shape index (κ2) is 7.91. The quantitative estimate of drug-likeness (QED) is 0.767. The van der Waals surface area contributed by atoms with Gasteiger partial charge in [-0.2, -0.15) is 0 Å². The van der Waals surface area contributed by atoms with Gasteiger partial charge >= 0.3 is 0 Å². The molecule has 2 aromatic carbocycles. The maximum Gasteiger partial charge on any atom is 0.248 e. The van der Waals surface area contributed by atoms with Crippen LogP contribution in [0.1, 0.15) is 24.5 Å². The number of sulfonamides is 1. The molecule has 6 nitrogen and oxygen atoms in total. The van der Waals surface area contributed by atoms with Gasteiger partial charge in [-0.05, 0) is 61.2 Å². The Labute approximate surface area is 171 Å². The first-order chi connectivity index (χ1) is 14.0. The lowest BCUT2D eigenvalue weighted by Crippen LogP contribution is -2.24. The number of fused-ring (bicyclic) bond motifs is 1. The van der Waals surface area contributed by atoms with Gasteiger partial charge < -0.3 is 10.2 Å². The van der Waals surface area contributed by atoms with Crippen molar-refractivity contribution in [2.24, 2.45) is 0 Å². The van der Waals surface area contributed by atoms with E-state index in [1.807, 2.05) is 24.3 Å². The van der Waals surface area contributed by atoms with Gasteiger partial charge in [-0.3, -0.25) is 9.10 Å². The van der Waals surface area contributed by atoms with Crippen molar-refractivity contribution in [1.82, 2.24) is 0 Å². The average Bonchev–Trinajstić information content (AvgIpc) is 3.28. The van der Waals surface area contributed by atoms with E-state index in [4.69, 9.17) is 0 Å². The molecule has 0 aliphatic carbocycles. The summed E-state index contributed by atoms with van der Waals surface area (Å²) in [4.78, 5) is 14.6. The summed E-state index contributed by atoms with van der Waals surface area (Å²) in [7, 11) is -3.18. The number of likely N-dealkylation sites (N-methyl/N-ethyl adjacent to an activating group) is 1. The van der Waals surface area contributed by atoms with Gasteiger partial charge in [0.15, 0.2) is 0 Å². The summed E-state index contributed by atoms with van der Waals surface area (Å²) >= 11 is 0. The van der Waals surface area contributed by atoms with E-state index in [1.54, 1.807) is 18.2 Å². The molecule has 29 heavy (non-hydrogen) atoms. The van der Waals surface area contributed by atoms with E-state index in [0.717, 1.165) is 30.8 Å². The summed E-state index contributed by atoms with van der Waals surface area (Å²) in [5.41, 5.74) is 4.81.